The minimum atomic E-state index is 0.949. The predicted octanol–water partition coefficient (Wildman–Crippen LogP) is 14.5. The fraction of sp³-hybridized carbons (Fsp3) is 0.523. The van der Waals surface area contributed by atoms with Crippen LogP contribution in [-0.4, -0.2) is 6.54 Å². The Labute approximate surface area is 311 Å². The molecule has 2 aromatic carbocycles. The maximum absolute atomic E-state index is 7.18. The second-order valence-electron chi connectivity index (χ2n) is 14.0. The highest BCUT2D eigenvalue weighted by Crippen LogP contribution is 2.46. The van der Waals surface area contributed by atoms with Gasteiger partial charge in [-0.1, -0.05) is 168 Å². The summed E-state index contributed by atoms with van der Waals surface area (Å²) in [5.74, 6) is 0. The van der Waals surface area contributed by atoms with E-state index in [0.717, 1.165) is 37.4 Å². The average molecular weight is 717 g/mol. The molecule has 0 fully saturated rings. The maximum atomic E-state index is 7.18. The molecule has 2 heterocycles. The van der Waals surface area contributed by atoms with Crippen LogP contribution in [0.4, 0.5) is 5.69 Å². The number of allylic oxidation sites excluding steroid dienone is 6. The summed E-state index contributed by atoms with van der Waals surface area (Å²) in [4.78, 5) is 3.91. The second kappa shape index (κ2) is 21.2. The first-order valence-corrected chi connectivity index (χ1v) is 21.6. The molecule has 1 aliphatic heterocycles. The molecule has 0 atom stereocenters. The number of hydrogen-bond acceptors (Lipinski definition) is 3. The van der Waals surface area contributed by atoms with Crippen molar-refractivity contribution in [3.05, 3.63) is 93.0 Å². The van der Waals surface area contributed by atoms with E-state index in [1.165, 1.54) is 145 Å². The molecule has 0 unspecified atom stereocenters. The first-order valence-electron chi connectivity index (χ1n) is 19.6. The van der Waals surface area contributed by atoms with E-state index in [1.807, 2.05) is 23.1 Å². The van der Waals surface area contributed by atoms with Crippen molar-refractivity contribution in [1.29, 1.82) is 0 Å². The summed E-state index contributed by atoms with van der Waals surface area (Å²) in [5, 5.41) is 3.61. The first-order chi connectivity index (χ1) is 24.2. The van der Waals surface area contributed by atoms with Gasteiger partial charge in [0.25, 0.3) is 5.01 Å². The van der Waals surface area contributed by atoms with Gasteiger partial charge in [-0.15, -0.1) is 0 Å². The van der Waals surface area contributed by atoms with Gasteiger partial charge in [0, 0.05) is 35.0 Å². The van der Waals surface area contributed by atoms with Crippen LogP contribution >= 0.6 is 34.7 Å². The standard InChI is InChI=1S/C44H60ClN2S2/c1-3-5-7-9-11-13-15-21-34-46-38-26-17-19-28-40(38)48-42(46)32-30-36-24-23-25-37(44(36)45)31-33-43-47(39-27-18-20-29-41(39)49-43)35-22-16-14-12-10-8-6-4-2/h17-20,26-33H,3-16,21-25,34-35H2,1-2H3/q+1. The Morgan fingerprint density at radius 2 is 1.37 bits per heavy atom. The van der Waals surface area contributed by atoms with Gasteiger partial charge in [0.2, 0.25) is 5.52 Å². The van der Waals surface area contributed by atoms with Gasteiger partial charge in [0.1, 0.15) is 4.70 Å². The Morgan fingerprint density at radius 3 is 2.12 bits per heavy atom. The summed E-state index contributed by atoms with van der Waals surface area (Å²) in [6.45, 7) is 6.75. The first kappa shape index (κ1) is 38.0. The number of unbranched alkanes of at least 4 members (excludes halogenated alkanes) is 14. The zero-order valence-electron chi connectivity index (χ0n) is 30.4. The van der Waals surface area contributed by atoms with Crippen molar-refractivity contribution < 1.29 is 4.57 Å². The highest BCUT2D eigenvalue weighted by atomic mass is 35.5. The van der Waals surface area contributed by atoms with Crippen molar-refractivity contribution in [2.24, 2.45) is 0 Å². The molecule has 2 aliphatic rings. The second-order valence-corrected chi connectivity index (χ2v) is 16.5. The number of benzene rings is 2. The topological polar surface area (TPSA) is 7.12 Å². The zero-order valence-corrected chi connectivity index (χ0v) is 32.8. The van der Waals surface area contributed by atoms with Crippen LogP contribution in [-0.2, 0) is 6.54 Å². The van der Waals surface area contributed by atoms with Crippen molar-refractivity contribution >= 4 is 56.7 Å². The molecule has 0 bridgehead atoms. The summed E-state index contributed by atoms with van der Waals surface area (Å²) >= 11 is 11.0. The fourth-order valence-electron chi connectivity index (χ4n) is 7.17. The van der Waals surface area contributed by atoms with E-state index in [1.54, 1.807) is 0 Å². The van der Waals surface area contributed by atoms with Crippen LogP contribution in [0.15, 0.2) is 92.9 Å². The maximum Gasteiger partial charge on any atom is 0.262 e. The third-order valence-electron chi connectivity index (χ3n) is 10.1. The third-order valence-corrected chi connectivity index (χ3v) is 12.8. The molecule has 5 heteroatoms. The highest BCUT2D eigenvalue weighted by Gasteiger charge is 2.24. The molecular weight excluding hydrogens is 656 g/mol. The van der Waals surface area contributed by atoms with Crippen LogP contribution in [0.5, 0.6) is 0 Å². The molecule has 0 spiro atoms. The molecule has 49 heavy (non-hydrogen) atoms. The van der Waals surface area contributed by atoms with E-state index in [9.17, 15) is 0 Å². The summed E-state index contributed by atoms with van der Waals surface area (Å²) < 4.78 is 3.91. The molecule has 0 N–H and O–H groups in total. The lowest BCUT2D eigenvalue weighted by atomic mass is 9.94. The van der Waals surface area contributed by atoms with Crippen LogP contribution in [0, 0.1) is 0 Å². The molecular formula is C44H60ClN2S2+. The number of aryl methyl sites for hydroxylation is 1. The summed E-state index contributed by atoms with van der Waals surface area (Å²) in [6.07, 6.45) is 34.1. The zero-order chi connectivity index (χ0) is 34.1. The van der Waals surface area contributed by atoms with Crippen molar-refractivity contribution in [3.8, 4) is 0 Å². The van der Waals surface area contributed by atoms with Crippen LogP contribution in [0.3, 0.4) is 0 Å². The Bertz CT molecular complexity index is 1580. The van der Waals surface area contributed by atoms with Gasteiger partial charge < -0.3 is 4.90 Å². The van der Waals surface area contributed by atoms with E-state index < -0.39 is 0 Å². The number of anilines is 1. The SMILES string of the molecule is CCCCCCCCCCN1/C(=C\C=C2\CCCC(/C=C/c3sc4ccccc4[n+]3CCCCCCCCCC)=C2Cl)Sc2ccccc21. The molecule has 0 radical (unpaired) electrons. The summed E-state index contributed by atoms with van der Waals surface area (Å²) in [7, 11) is 0. The van der Waals surface area contributed by atoms with Crippen LogP contribution in [0.1, 0.15) is 141 Å². The van der Waals surface area contributed by atoms with E-state index in [2.05, 4.69) is 96.1 Å². The highest BCUT2D eigenvalue weighted by molar-refractivity contribution is 8.03. The van der Waals surface area contributed by atoms with E-state index >= 15 is 0 Å². The number of thiazole rings is 1. The molecule has 1 aliphatic carbocycles. The number of thioether (sulfide) groups is 1. The van der Waals surface area contributed by atoms with Gasteiger partial charge in [0.05, 0.1) is 10.7 Å². The monoisotopic (exact) mass is 715 g/mol. The lowest BCUT2D eigenvalue weighted by Gasteiger charge is -2.21. The smallest absolute Gasteiger partial charge is 0.262 e. The van der Waals surface area contributed by atoms with Crippen molar-refractivity contribution in [3.63, 3.8) is 0 Å². The molecule has 0 amide bonds. The lowest BCUT2D eigenvalue weighted by molar-refractivity contribution is -0.669. The average Bonchev–Trinajstić information content (AvgIpc) is 3.66. The number of hydrogen-bond donors (Lipinski definition) is 0. The van der Waals surface area contributed by atoms with E-state index in [-0.39, 0.29) is 0 Å². The third kappa shape index (κ3) is 11.4. The van der Waals surface area contributed by atoms with Crippen LogP contribution < -0.4 is 9.47 Å². The number of nitrogens with zero attached hydrogens (tertiary/aromatic N) is 2. The minimum Gasteiger partial charge on any atom is -0.335 e. The van der Waals surface area contributed by atoms with Gasteiger partial charge in [-0.3, -0.25) is 0 Å². The molecule has 264 valence electrons. The quantitative estimate of drug-likeness (QED) is 0.0800. The number of rotatable bonds is 21. The fourth-order valence-corrected chi connectivity index (χ4v) is 9.67. The molecule has 1 aromatic heterocycles. The number of aromatic nitrogens is 1. The van der Waals surface area contributed by atoms with Crippen molar-refractivity contribution in [1.82, 2.24) is 0 Å². The van der Waals surface area contributed by atoms with Crippen LogP contribution in [0.2, 0.25) is 0 Å². The summed E-state index contributed by atoms with van der Waals surface area (Å²) in [5.41, 5.74) is 5.26. The Morgan fingerprint density at radius 1 is 0.714 bits per heavy atom. The Kier molecular flexibility index (Phi) is 16.4. The Balaban J connectivity index is 1.24. The van der Waals surface area contributed by atoms with Crippen molar-refractivity contribution in [2.75, 3.05) is 11.4 Å². The van der Waals surface area contributed by atoms with Crippen LogP contribution in [0.25, 0.3) is 16.3 Å². The molecule has 2 nitrogen and oxygen atoms in total. The molecule has 3 aromatic rings. The van der Waals surface area contributed by atoms with Gasteiger partial charge >= 0.3 is 0 Å². The minimum absolute atomic E-state index is 0.949. The van der Waals surface area contributed by atoms with Crippen molar-refractivity contribution in [2.45, 2.75) is 147 Å². The van der Waals surface area contributed by atoms with E-state index in [4.69, 9.17) is 11.6 Å². The van der Waals surface area contributed by atoms with E-state index in [0.29, 0.717) is 0 Å². The molecule has 0 saturated heterocycles. The van der Waals surface area contributed by atoms with Gasteiger partial charge in [-0.05, 0) is 67.5 Å². The predicted molar refractivity (Wildman–Crippen MR) is 219 cm³/mol. The van der Waals surface area contributed by atoms with Gasteiger partial charge in [-0.2, -0.15) is 4.57 Å². The summed E-state index contributed by atoms with van der Waals surface area (Å²) in [6, 6.07) is 17.8. The number of halogens is 1. The molecule has 0 saturated carbocycles. The van der Waals surface area contributed by atoms with Gasteiger partial charge in [0.15, 0.2) is 6.54 Å². The Hall–Kier alpha value is -2.27. The number of fused-ring (bicyclic) bond motifs is 2. The van der Waals surface area contributed by atoms with Gasteiger partial charge in [-0.25, -0.2) is 0 Å². The normalized spacial score (nSPS) is 16.7. The lowest BCUT2D eigenvalue weighted by Crippen LogP contribution is -2.35. The molecule has 5 rings (SSSR count). The largest absolute Gasteiger partial charge is 0.335 e. The number of para-hydroxylation sites is 2.